The molecule has 2 rings (SSSR count). The summed E-state index contributed by atoms with van der Waals surface area (Å²) in [6.07, 6.45) is 6.32. The van der Waals surface area contributed by atoms with Gasteiger partial charge in [0, 0.05) is 20.2 Å². The van der Waals surface area contributed by atoms with Crippen LogP contribution in [0.2, 0.25) is 0 Å². The maximum absolute atomic E-state index is 13.3. The first kappa shape index (κ1) is 30.3. The molecule has 0 radical (unpaired) electrons. The highest BCUT2D eigenvalue weighted by Crippen LogP contribution is 2.26. The second-order valence-corrected chi connectivity index (χ2v) is 8.69. The van der Waals surface area contributed by atoms with Crippen molar-refractivity contribution in [1.82, 2.24) is 20.6 Å². The molecule has 10 nitrogen and oxygen atoms in total. The summed E-state index contributed by atoms with van der Waals surface area (Å²) in [6.45, 7) is 6.43. The molecule has 4 atom stereocenters. The van der Waals surface area contributed by atoms with E-state index in [4.69, 9.17) is 32.7 Å². The van der Waals surface area contributed by atoms with Gasteiger partial charge in [0.1, 0.15) is 34.6 Å². The van der Waals surface area contributed by atoms with Gasteiger partial charge in [0.25, 0.3) is 0 Å². The van der Waals surface area contributed by atoms with Crippen LogP contribution in [0.15, 0.2) is 70.6 Å². The first-order valence-corrected chi connectivity index (χ1v) is 11.9. The highest BCUT2D eigenvalue weighted by molar-refractivity contribution is 6.36. The van der Waals surface area contributed by atoms with Crippen LogP contribution in [0, 0.1) is 0 Å². The molecular weight excluding hydrogens is 526 g/mol. The summed E-state index contributed by atoms with van der Waals surface area (Å²) >= 11 is 12.9. The van der Waals surface area contributed by atoms with E-state index in [1.54, 1.807) is 38.1 Å². The van der Waals surface area contributed by atoms with Gasteiger partial charge in [0.15, 0.2) is 6.23 Å². The lowest BCUT2D eigenvalue weighted by Gasteiger charge is -2.28. The minimum absolute atomic E-state index is 0.108. The average molecular weight is 557 g/mol. The van der Waals surface area contributed by atoms with E-state index in [0.29, 0.717) is 11.6 Å². The van der Waals surface area contributed by atoms with Gasteiger partial charge in [-0.1, -0.05) is 54.1 Å². The maximum Gasteiger partial charge on any atom is 0.327 e. The van der Waals surface area contributed by atoms with Crippen LogP contribution >= 0.6 is 23.2 Å². The molecule has 0 aromatic carbocycles. The van der Waals surface area contributed by atoms with Crippen molar-refractivity contribution >= 4 is 40.9 Å². The fourth-order valence-corrected chi connectivity index (χ4v) is 3.55. The topological polar surface area (TPSA) is 121 Å². The van der Waals surface area contributed by atoms with Crippen molar-refractivity contribution in [2.45, 2.75) is 38.3 Å². The number of carbonyl (C=O) groups is 1. The Morgan fingerprint density at radius 3 is 2.49 bits per heavy atom. The quantitative estimate of drug-likeness (QED) is 0.184. The van der Waals surface area contributed by atoms with Crippen molar-refractivity contribution in [3.8, 4) is 0 Å². The number of methoxy groups -OCH3 is 2. The average Bonchev–Trinajstić information content (AvgIpc) is 2.90. The number of urea groups is 1. The molecule has 0 saturated carbocycles. The molecule has 0 saturated heterocycles. The van der Waals surface area contributed by atoms with Gasteiger partial charge in [-0.15, -0.1) is 0 Å². The number of amides is 2. The van der Waals surface area contributed by atoms with Crippen molar-refractivity contribution in [2.75, 3.05) is 31.5 Å². The SMILES string of the molecule is C=C(F)C(O)NC1C=CC=CC1Nc1cc(N(C)C(=O)NC(C(Cl)=C(C)OC)=C(Cl)C(C)OC)ncn1. The number of hydrogen-bond acceptors (Lipinski definition) is 8. The van der Waals surface area contributed by atoms with Crippen LogP contribution in [0.1, 0.15) is 13.8 Å². The number of aliphatic hydroxyl groups is 1. The van der Waals surface area contributed by atoms with E-state index in [-0.39, 0.29) is 21.6 Å². The van der Waals surface area contributed by atoms with Crippen molar-refractivity contribution in [1.29, 1.82) is 0 Å². The van der Waals surface area contributed by atoms with Crippen LogP contribution in [0.3, 0.4) is 0 Å². The largest absolute Gasteiger partial charge is 0.500 e. The lowest BCUT2D eigenvalue weighted by Crippen LogP contribution is -2.47. The Morgan fingerprint density at radius 1 is 1.24 bits per heavy atom. The van der Waals surface area contributed by atoms with Crippen LogP contribution in [-0.4, -0.2) is 66.8 Å². The highest BCUT2D eigenvalue weighted by Gasteiger charge is 2.24. The maximum atomic E-state index is 13.3. The van der Waals surface area contributed by atoms with Gasteiger partial charge in [0.05, 0.1) is 36.0 Å². The Kier molecular flexibility index (Phi) is 11.5. The molecule has 4 unspecified atom stereocenters. The number of hydrogen-bond donors (Lipinski definition) is 4. The van der Waals surface area contributed by atoms with Crippen LogP contribution in [-0.2, 0) is 9.47 Å². The number of ether oxygens (including phenoxy) is 2. The van der Waals surface area contributed by atoms with E-state index in [1.165, 1.54) is 32.5 Å². The zero-order valence-electron chi connectivity index (χ0n) is 21.1. The summed E-state index contributed by atoms with van der Waals surface area (Å²) in [5, 5.41) is 18.7. The molecule has 202 valence electrons. The monoisotopic (exact) mass is 556 g/mol. The van der Waals surface area contributed by atoms with Crippen molar-refractivity contribution < 1.29 is 23.8 Å². The van der Waals surface area contributed by atoms with E-state index < -0.39 is 36.3 Å². The van der Waals surface area contributed by atoms with E-state index >= 15 is 0 Å². The van der Waals surface area contributed by atoms with Gasteiger partial charge in [0.2, 0.25) is 0 Å². The number of nitrogens with zero attached hydrogens (tertiary/aromatic N) is 3. The molecule has 1 aliphatic carbocycles. The summed E-state index contributed by atoms with van der Waals surface area (Å²) in [7, 11) is 4.42. The van der Waals surface area contributed by atoms with Crippen molar-refractivity contribution in [3.05, 3.63) is 70.6 Å². The van der Waals surface area contributed by atoms with Gasteiger partial charge in [-0.2, -0.15) is 0 Å². The predicted octanol–water partition coefficient (Wildman–Crippen LogP) is 3.89. The molecule has 1 aromatic rings. The van der Waals surface area contributed by atoms with Gasteiger partial charge in [-0.3, -0.25) is 10.2 Å². The zero-order valence-corrected chi connectivity index (χ0v) is 22.6. The summed E-state index contributed by atoms with van der Waals surface area (Å²) in [4.78, 5) is 22.7. The number of carbonyl (C=O) groups excluding carboxylic acids is 1. The van der Waals surface area contributed by atoms with E-state index in [1.807, 2.05) is 6.08 Å². The van der Waals surface area contributed by atoms with Crippen LogP contribution in [0.5, 0.6) is 0 Å². The van der Waals surface area contributed by atoms with E-state index in [9.17, 15) is 14.3 Å². The van der Waals surface area contributed by atoms with Crippen LogP contribution in [0.4, 0.5) is 20.8 Å². The minimum Gasteiger partial charge on any atom is -0.500 e. The minimum atomic E-state index is -1.53. The smallest absolute Gasteiger partial charge is 0.327 e. The summed E-state index contributed by atoms with van der Waals surface area (Å²) in [6, 6.07) is 0.0921. The molecule has 13 heteroatoms. The molecule has 37 heavy (non-hydrogen) atoms. The summed E-state index contributed by atoms with van der Waals surface area (Å²) in [5.41, 5.74) is 0.127. The molecule has 1 heterocycles. The number of nitrogens with one attached hydrogen (secondary N) is 3. The Hall–Kier alpha value is -2.96. The Morgan fingerprint density at radius 2 is 1.89 bits per heavy atom. The number of anilines is 2. The molecule has 0 fully saturated rings. The molecule has 0 spiro atoms. The van der Waals surface area contributed by atoms with E-state index in [2.05, 4.69) is 32.5 Å². The molecule has 2 amide bonds. The Bertz CT molecular complexity index is 1110. The third-order valence-corrected chi connectivity index (χ3v) is 6.36. The molecular formula is C24H31Cl2FN6O4. The van der Waals surface area contributed by atoms with Gasteiger partial charge >= 0.3 is 6.03 Å². The molecule has 4 N–H and O–H groups in total. The number of rotatable bonds is 11. The second kappa shape index (κ2) is 14.1. The van der Waals surface area contributed by atoms with Crippen molar-refractivity contribution in [2.24, 2.45) is 0 Å². The third-order valence-electron chi connectivity index (χ3n) is 5.41. The highest BCUT2D eigenvalue weighted by atomic mass is 35.5. The first-order chi connectivity index (χ1) is 17.5. The van der Waals surface area contributed by atoms with Crippen LogP contribution in [0.25, 0.3) is 0 Å². The van der Waals surface area contributed by atoms with Gasteiger partial charge < -0.3 is 25.2 Å². The molecule has 1 aromatic heterocycles. The first-order valence-electron chi connectivity index (χ1n) is 11.1. The van der Waals surface area contributed by atoms with Crippen LogP contribution < -0.4 is 20.9 Å². The second-order valence-electron chi connectivity index (χ2n) is 7.91. The third kappa shape index (κ3) is 8.27. The van der Waals surface area contributed by atoms with E-state index in [0.717, 1.165) is 0 Å². The summed E-state index contributed by atoms with van der Waals surface area (Å²) in [5.74, 6) is 0.0762. The fourth-order valence-electron chi connectivity index (χ4n) is 3.04. The Labute approximate surface area is 225 Å². The fraction of sp³-hybridized carbons (Fsp3) is 0.375. The van der Waals surface area contributed by atoms with Gasteiger partial charge in [-0.05, 0) is 13.8 Å². The van der Waals surface area contributed by atoms with Gasteiger partial charge in [-0.25, -0.2) is 19.2 Å². The van der Waals surface area contributed by atoms with Crippen molar-refractivity contribution in [3.63, 3.8) is 0 Å². The number of halogens is 3. The molecule has 0 aliphatic heterocycles. The lowest BCUT2D eigenvalue weighted by molar-refractivity contribution is 0.138. The molecule has 0 bridgehead atoms. The zero-order chi connectivity index (χ0) is 27.7. The number of allylic oxidation sites excluding steroid dienone is 4. The lowest BCUT2D eigenvalue weighted by atomic mass is 10.0. The normalized spacial score (nSPS) is 19.8. The summed E-state index contributed by atoms with van der Waals surface area (Å²) < 4.78 is 23.7. The predicted molar refractivity (Wildman–Crippen MR) is 143 cm³/mol. The Balaban J connectivity index is 2.24. The number of aliphatic hydroxyl groups excluding tert-OH is 1. The number of aromatic nitrogens is 2. The molecule has 1 aliphatic rings. The standard InChI is InChI=1S/C24H31Cl2FN6O4/c1-13(27)23(34)31-17-10-8-7-9-16(17)30-18-11-19(29-12-28-18)33(4)24(35)32-22(20(25)14(2)36-5)21(26)15(3)37-6/h7-12,14,16-17,23,31,34H,1H2,2-6H3,(H,32,35)(H,28,29,30).